The van der Waals surface area contributed by atoms with Crippen molar-refractivity contribution >= 4 is 22.5 Å². The van der Waals surface area contributed by atoms with Crippen molar-refractivity contribution in [2.75, 3.05) is 20.8 Å². The molecule has 0 unspecified atom stereocenters. The van der Waals surface area contributed by atoms with Crippen LogP contribution in [0.15, 0.2) is 45.8 Å². The molecule has 4 aromatic rings. The van der Waals surface area contributed by atoms with Gasteiger partial charge in [-0.25, -0.2) is 4.68 Å². The Morgan fingerprint density at radius 1 is 1.16 bits per heavy atom. The molecule has 168 valence electrons. The molecular weight excluding hydrogens is 412 g/mol. The molecule has 1 amide bonds. The summed E-state index contributed by atoms with van der Waals surface area (Å²) in [5, 5.41) is 7.38. The average Bonchev–Trinajstić information content (AvgIpc) is 3.41. The molecule has 0 aliphatic heterocycles. The maximum absolute atomic E-state index is 13.1. The predicted octanol–water partition coefficient (Wildman–Crippen LogP) is 2.74. The molecule has 0 radical (unpaired) electrons. The molecule has 0 saturated carbocycles. The van der Waals surface area contributed by atoms with Crippen molar-refractivity contribution in [3.63, 3.8) is 0 Å². The van der Waals surface area contributed by atoms with Gasteiger partial charge in [0.2, 0.25) is 5.91 Å². The van der Waals surface area contributed by atoms with E-state index >= 15 is 0 Å². The first-order chi connectivity index (χ1) is 15.5. The quantitative estimate of drug-likeness (QED) is 0.454. The van der Waals surface area contributed by atoms with Crippen molar-refractivity contribution in [3.8, 4) is 11.5 Å². The average molecular weight is 438 g/mol. The van der Waals surface area contributed by atoms with Gasteiger partial charge in [-0.3, -0.25) is 14.0 Å². The van der Waals surface area contributed by atoms with Gasteiger partial charge in [0.25, 0.3) is 5.56 Å². The lowest BCUT2D eigenvalue weighted by Crippen LogP contribution is -2.39. The lowest BCUT2D eigenvalue weighted by molar-refractivity contribution is -0.124. The van der Waals surface area contributed by atoms with Crippen LogP contribution in [0.3, 0.4) is 0 Å². The third-order valence-corrected chi connectivity index (χ3v) is 5.55. The molecule has 0 spiro atoms. The van der Waals surface area contributed by atoms with Crippen LogP contribution in [0.4, 0.5) is 0 Å². The van der Waals surface area contributed by atoms with Gasteiger partial charge >= 0.3 is 0 Å². The summed E-state index contributed by atoms with van der Waals surface area (Å²) in [7, 11) is 3.17. The summed E-state index contributed by atoms with van der Waals surface area (Å²) >= 11 is 0. The van der Waals surface area contributed by atoms with Crippen LogP contribution in [0, 0.1) is 0 Å². The van der Waals surface area contributed by atoms with Gasteiger partial charge in [0, 0.05) is 25.1 Å². The second-order valence-corrected chi connectivity index (χ2v) is 7.46. The van der Waals surface area contributed by atoms with E-state index < -0.39 is 6.04 Å². The molecule has 4 rings (SSSR count). The van der Waals surface area contributed by atoms with Crippen LogP contribution in [0.1, 0.15) is 31.3 Å². The Morgan fingerprint density at radius 2 is 1.94 bits per heavy atom. The topological polar surface area (TPSA) is 100 Å². The molecule has 0 saturated heterocycles. The number of furan rings is 1. The standard InChI is InChI=1S/C23H26N4O5/c1-5-21-25-27(23(29)17-13-19-16(26(17)21)9-11-32-19)14(2)22(28)24-10-8-15-6-7-18(30-3)20(12-15)31-4/h6-7,9,11-14H,5,8,10H2,1-4H3,(H,24,28)/t14-/m1/s1. The second-order valence-electron chi connectivity index (χ2n) is 7.46. The van der Waals surface area contributed by atoms with Crippen LogP contribution in [-0.2, 0) is 17.6 Å². The molecular formula is C23H26N4O5. The normalized spacial score (nSPS) is 12.2. The maximum atomic E-state index is 13.1. The number of hydrogen-bond acceptors (Lipinski definition) is 6. The monoisotopic (exact) mass is 438 g/mol. The van der Waals surface area contributed by atoms with Crippen molar-refractivity contribution < 1.29 is 18.7 Å². The van der Waals surface area contributed by atoms with E-state index in [1.807, 2.05) is 25.1 Å². The van der Waals surface area contributed by atoms with Gasteiger partial charge in [-0.05, 0) is 31.0 Å². The van der Waals surface area contributed by atoms with Gasteiger partial charge in [0.05, 0.1) is 26.0 Å². The van der Waals surface area contributed by atoms with Crippen LogP contribution in [-0.4, -0.2) is 40.9 Å². The summed E-state index contributed by atoms with van der Waals surface area (Å²) in [5.74, 6) is 1.69. The van der Waals surface area contributed by atoms with Crippen LogP contribution in [0.2, 0.25) is 0 Å². The van der Waals surface area contributed by atoms with Crippen LogP contribution in [0.25, 0.3) is 16.6 Å². The number of ether oxygens (including phenoxy) is 2. The number of benzene rings is 1. The Hall–Kier alpha value is -3.75. The maximum Gasteiger partial charge on any atom is 0.291 e. The lowest BCUT2D eigenvalue weighted by atomic mass is 10.1. The Kier molecular flexibility index (Phi) is 5.89. The number of aryl methyl sites for hydroxylation is 1. The van der Waals surface area contributed by atoms with Gasteiger partial charge in [-0.15, -0.1) is 0 Å². The van der Waals surface area contributed by atoms with Crippen molar-refractivity contribution in [1.29, 1.82) is 0 Å². The fourth-order valence-corrected chi connectivity index (χ4v) is 3.81. The van der Waals surface area contributed by atoms with E-state index in [1.165, 1.54) is 4.68 Å². The number of carbonyl (C=O) groups is 1. The third kappa shape index (κ3) is 3.70. The molecule has 3 aromatic heterocycles. The van der Waals surface area contributed by atoms with Gasteiger partial charge in [-0.2, -0.15) is 5.10 Å². The van der Waals surface area contributed by atoms with Crippen molar-refractivity contribution in [2.24, 2.45) is 0 Å². The minimum Gasteiger partial charge on any atom is -0.493 e. The molecule has 3 heterocycles. The highest BCUT2D eigenvalue weighted by Crippen LogP contribution is 2.27. The smallest absolute Gasteiger partial charge is 0.291 e. The number of hydrogen-bond donors (Lipinski definition) is 1. The summed E-state index contributed by atoms with van der Waals surface area (Å²) in [6.45, 7) is 4.04. The van der Waals surface area contributed by atoms with E-state index in [-0.39, 0.29) is 11.5 Å². The van der Waals surface area contributed by atoms with Crippen molar-refractivity contribution in [3.05, 3.63) is 58.3 Å². The van der Waals surface area contributed by atoms with Crippen LogP contribution >= 0.6 is 0 Å². The Labute approximate surface area is 184 Å². The third-order valence-electron chi connectivity index (χ3n) is 5.55. The van der Waals surface area contributed by atoms with Gasteiger partial charge in [0.15, 0.2) is 17.1 Å². The molecule has 0 aliphatic carbocycles. The number of nitrogens with one attached hydrogen (secondary N) is 1. The number of aromatic nitrogens is 3. The number of methoxy groups -OCH3 is 2. The van der Waals surface area contributed by atoms with Crippen molar-refractivity contribution in [2.45, 2.75) is 32.7 Å². The minimum absolute atomic E-state index is 0.276. The molecule has 9 heteroatoms. The van der Waals surface area contributed by atoms with Crippen molar-refractivity contribution in [1.82, 2.24) is 19.5 Å². The molecule has 1 N–H and O–H groups in total. The van der Waals surface area contributed by atoms with Gasteiger partial charge in [-0.1, -0.05) is 13.0 Å². The summed E-state index contributed by atoms with van der Waals surface area (Å²) < 4.78 is 19.0. The highest BCUT2D eigenvalue weighted by Gasteiger charge is 2.22. The predicted molar refractivity (Wildman–Crippen MR) is 120 cm³/mol. The van der Waals surface area contributed by atoms with E-state index in [2.05, 4.69) is 10.4 Å². The Bertz CT molecular complexity index is 1330. The number of rotatable bonds is 8. The van der Waals surface area contributed by atoms with Gasteiger partial charge < -0.3 is 19.2 Å². The van der Waals surface area contributed by atoms with E-state index in [4.69, 9.17) is 13.9 Å². The van der Waals surface area contributed by atoms with Crippen LogP contribution < -0.4 is 20.3 Å². The lowest BCUT2D eigenvalue weighted by Gasteiger charge is -2.16. The zero-order chi connectivity index (χ0) is 22.8. The van der Waals surface area contributed by atoms with Gasteiger partial charge in [0.1, 0.15) is 17.4 Å². The summed E-state index contributed by atoms with van der Waals surface area (Å²) in [6, 6.07) is 8.37. The van der Waals surface area contributed by atoms with E-state index in [0.717, 1.165) is 11.1 Å². The zero-order valence-corrected chi connectivity index (χ0v) is 18.5. The van der Waals surface area contributed by atoms with Crippen LogP contribution in [0.5, 0.6) is 11.5 Å². The fourth-order valence-electron chi connectivity index (χ4n) is 3.81. The van der Waals surface area contributed by atoms with E-state index in [0.29, 0.717) is 47.8 Å². The zero-order valence-electron chi connectivity index (χ0n) is 18.5. The molecule has 1 atom stereocenters. The SMILES string of the molecule is CCc1nn([C@H](C)C(=O)NCCc2ccc(OC)c(OC)c2)c(=O)c2cc3occc3n12. The highest BCUT2D eigenvalue weighted by molar-refractivity contribution is 5.83. The number of fused-ring (bicyclic) bond motifs is 3. The number of nitrogens with zero attached hydrogens (tertiary/aromatic N) is 3. The number of amides is 1. The number of carbonyl (C=O) groups excluding carboxylic acids is 1. The molecule has 0 fully saturated rings. The molecule has 32 heavy (non-hydrogen) atoms. The Balaban J connectivity index is 1.51. The molecule has 9 nitrogen and oxygen atoms in total. The molecule has 1 aromatic carbocycles. The van der Waals surface area contributed by atoms with E-state index in [1.54, 1.807) is 43.9 Å². The van der Waals surface area contributed by atoms with E-state index in [9.17, 15) is 9.59 Å². The fraction of sp³-hybridized carbons (Fsp3) is 0.348. The second kappa shape index (κ2) is 8.78. The summed E-state index contributed by atoms with van der Waals surface area (Å²) in [5.41, 5.74) is 2.51. The molecule has 0 aliphatic rings. The largest absolute Gasteiger partial charge is 0.493 e. The Morgan fingerprint density at radius 3 is 2.66 bits per heavy atom. The summed E-state index contributed by atoms with van der Waals surface area (Å²) in [6.07, 6.45) is 2.78. The minimum atomic E-state index is -0.760. The summed E-state index contributed by atoms with van der Waals surface area (Å²) in [4.78, 5) is 25.9. The molecule has 0 bridgehead atoms. The first-order valence-corrected chi connectivity index (χ1v) is 10.5. The first-order valence-electron chi connectivity index (χ1n) is 10.5. The first kappa shape index (κ1) is 21.5. The highest BCUT2D eigenvalue weighted by atomic mass is 16.5.